The van der Waals surface area contributed by atoms with Crippen LogP contribution in [0.5, 0.6) is 0 Å². The monoisotopic (exact) mass is 300 g/mol. The fourth-order valence-corrected chi connectivity index (χ4v) is 3.42. The van der Waals surface area contributed by atoms with Gasteiger partial charge in [0.2, 0.25) is 0 Å². The number of rotatable bonds is 6. The van der Waals surface area contributed by atoms with E-state index in [1.165, 1.54) is 19.4 Å². The average Bonchev–Trinajstić information content (AvgIpc) is 2.64. The lowest BCUT2D eigenvalue weighted by molar-refractivity contribution is 0.202. The van der Waals surface area contributed by atoms with E-state index in [1.807, 2.05) is 4.68 Å². The zero-order valence-corrected chi connectivity index (χ0v) is 12.2. The van der Waals surface area contributed by atoms with Gasteiger partial charge in [0.25, 0.3) is 0 Å². The predicted octanol–water partition coefficient (Wildman–Crippen LogP) is 2.29. The van der Waals surface area contributed by atoms with Crippen LogP contribution in [0.2, 0.25) is 0 Å². The zero-order valence-electron chi connectivity index (χ0n) is 10.6. The van der Waals surface area contributed by atoms with Gasteiger partial charge in [-0.3, -0.25) is 4.90 Å². The van der Waals surface area contributed by atoms with E-state index in [4.69, 9.17) is 0 Å². The highest BCUT2D eigenvalue weighted by Gasteiger charge is 2.27. The van der Waals surface area contributed by atoms with Crippen LogP contribution >= 0.6 is 15.9 Å². The van der Waals surface area contributed by atoms with Crippen molar-refractivity contribution in [3.63, 3.8) is 0 Å². The number of halogens is 1. The van der Waals surface area contributed by atoms with E-state index >= 15 is 0 Å². The quantitative estimate of drug-likeness (QED) is 0.756. The van der Waals surface area contributed by atoms with Gasteiger partial charge in [0.05, 0.1) is 6.54 Å². The molecule has 0 bridgehead atoms. The van der Waals surface area contributed by atoms with Crippen molar-refractivity contribution in [1.29, 1.82) is 0 Å². The van der Waals surface area contributed by atoms with E-state index in [0.717, 1.165) is 36.1 Å². The third kappa shape index (κ3) is 3.52. The van der Waals surface area contributed by atoms with Gasteiger partial charge in [-0.25, -0.2) is 9.67 Å². The second kappa shape index (κ2) is 5.96. The van der Waals surface area contributed by atoms with Crippen molar-refractivity contribution in [1.82, 2.24) is 19.7 Å². The maximum Gasteiger partial charge on any atom is 0.140 e. The molecule has 1 aliphatic carbocycles. The predicted molar refractivity (Wildman–Crippen MR) is 72.1 cm³/mol. The minimum Gasteiger partial charge on any atom is -0.299 e. The summed E-state index contributed by atoms with van der Waals surface area (Å²) in [4.78, 5) is 7.46. The topological polar surface area (TPSA) is 34.0 Å². The molecule has 0 N–H and O–H groups in total. The maximum atomic E-state index is 4.34. The van der Waals surface area contributed by atoms with Gasteiger partial charge in [-0.05, 0) is 32.2 Å². The zero-order chi connectivity index (χ0) is 12.3. The highest BCUT2D eigenvalue weighted by molar-refractivity contribution is 9.09. The Labute approximate surface area is 112 Å². The molecule has 0 radical (unpaired) electrons. The van der Waals surface area contributed by atoms with Gasteiger partial charge in [0.1, 0.15) is 12.2 Å². The van der Waals surface area contributed by atoms with Gasteiger partial charge in [0.15, 0.2) is 0 Å². The largest absolute Gasteiger partial charge is 0.299 e. The van der Waals surface area contributed by atoms with E-state index in [9.17, 15) is 0 Å². The van der Waals surface area contributed by atoms with Crippen molar-refractivity contribution in [2.45, 2.75) is 44.1 Å². The number of hydrogen-bond donors (Lipinski definition) is 0. The summed E-state index contributed by atoms with van der Waals surface area (Å²) < 4.78 is 2.02. The van der Waals surface area contributed by atoms with Crippen LogP contribution in [0.3, 0.4) is 0 Å². The molecule has 1 heterocycles. The summed E-state index contributed by atoms with van der Waals surface area (Å²) in [5.74, 6) is 1.94. The molecule has 4 nitrogen and oxygen atoms in total. The summed E-state index contributed by atoms with van der Waals surface area (Å²) in [5, 5.41) is 4.26. The summed E-state index contributed by atoms with van der Waals surface area (Å²) >= 11 is 3.64. The SMILES string of the molecule is CCCn1ncnc1CN(C)CC1CC(Br)C1. The van der Waals surface area contributed by atoms with Crippen LogP contribution in [0.4, 0.5) is 0 Å². The third-order valence-corrected chi connectivity index (χ3v) is 4.04. The van der Waals surface area contributed by atoms with Crippen LogP contribution in [0.1, 0.15) is 32.0 Å². The number of nitrogens with zero attached hydrogens (tertiary/aromatic N) is 4. The summed E-state index contributed by atoms with van der Waals surface area (Å²) in [6.07, 6.45) is 5.39. The Morgan fingerprint density at radius 1 is 1.53 bits per heavy atom. The van der Waals surface area contributed by atoms with Crippen molar-refractivity contribution < 1.29 is 0 Å². The molecular formula is C12H21BrN4. The van der Waals surface area contributed by atoms with E-state index < -0.39 is 0 Å². The van der Waals surface area contributed by atoms with Crippen LogP contribution in [-0.2, 0) is 13.1 Å². The summed E-state index contributed by atoms with van der Waals surface area (Å²) in [6.45, 7) is 5.21. The second-order valence-corrected chi connectivity index (χ2v) is 6.33. The lowest BCUT2D eigenvalue weighted by Crippen LogP contribution is -2.34. The first kappa shape index (κ1) is 13.0. The summed E-state index contributed by atoms with van der Waals surface area (Å²) in [6, 6.07) is 0. The van der Waals surface area contributed by atoms with E-state index in [1.54, 1.807) is 6.33 Å². The first-order valence-corrected chi connectivity index (χ1v) is 7.30. The van der Waals surface area contributed by atoms with Gasteiger partial charge in [-0.1, -0.05) is 22.9 Å². The van der Waals surface area contributed by atoms with Gasteiger partial charge < -0.3 is 0 Å². The Hall–Kier alpha value is -0.420. The molecule has 1 aromatic heterocycles. The molecule has 17 heavy (non-hydrogen) atoms. The number of alkyl halides is 1. The van der Waals surface area contributed by atoms with Crippen molar-refractivity contribution in [3.8, 4) is 0 Å². The molecule has 0 spiro atoms. The van der Waals surface area contributed by atoms with E-state index in [2.05, 4.69) is 44.9 Å². The molecule has 0 aromatic carbocycles. The van der Waals surface area contributed by atoms with Gasteiger partial charge in [0, 0.05) is 17.9 Å². The molecule has 0 amide bonds. The second-order valence-electron chi connectivity index (χ2n) is 5.03. The number of aromatic nitrogens is 3. The summed E-state index contributed by atoms with van der Waals surface area (Å²) in [5.41, 5.74) is 0. The normalized spacial score (nSPS) is 24.0. The van der Waals surface area contributed by atoms with Gasteiger partial charge in [-0.2, -0.15) is 5.10 Å². The Morgan fingerprint density at radius 3 is 2.94 bits per heavy atom. The van der Waals surface area contributed by atoms with Crippen LogP contribution in [0.25, 0.3) is 0 Å². The fraction of sp³-hybridized carbons (Fsp3) is 0.833. The highest BCUT2D eigenvalue weighted by atomic mass is 79.9. The first-order chi connectivity index (χ1) is 8.19. The fourth-order valence-electron chi connectivity index (χ4n) is 2.36. The van der Waals surface area contributed by atoms with Crippen LogP contribution < -0.4 is 0 Å². The van der Waals surface area contributed by atoms with Gasteiger partial charge in [-0.15, -0.1) is 0 Å². The maximum absolute atomic E-state index is 4.34. The Kier molecular flexibility index (Phi) is 4.56. The third-order valence-electron chi connectivity index (χ3n) is 3.29. The molecule has 1 aromatic rings. The van der Waals surface area contributed by atoms with Crippen molar-refractivity contribution >= 4 is 15.9 Å². The molecule has 1 saturated carbocycles. The molecule has 0 aliphatic heterocycles. The van der Waals surface area contributed by atoms with Gasteiger partial charge >= 0.3 is 0 Å². The van der Waals surface area contributed by atoms with Crippen molar-refractivity contribution in [2.24, 2.45) is 5.92 Å². The lowest BCUT2D eigenvalue weighted by atomic mass is 9.85. The average molecular weight is 301 g/mol. The smallest absolute Gasteiger partial charge is 0.140 e. The highest BCUT2D eigenvalue weighted by Crippen LogP contribution is 2.33. The minimum absolute atomic E-state index is 0.754. The number of aryl methyl sites for hydroxylation is 1. The molecule has 0 unspecified atom stereocenters. The van der Waals surface area contributed by atoms with Crippen LogP contribution in [-0.4, -0.2) is 38.1 Å². The molecule has 1 aliphatic rings. The van der Waals surface area contributed by atoms with E-state index in [-0.39, 0.29) is 0 Å². The van der Waals surface area contributed by atoms with Crippen LogP contribution in [0.15, 0.2) is 6.33 Å². The van der Waals surface area contributed by atoms with Crippen molar-refractivity contribution in [2.75, 3.05) is 13.6 Å². The molecule has 96 valence electrons. The first-order valence-electron chi connectivity index (χ1n) is 6.38. The molecule has 2 rings (SSSR count). The van der Waals surface area contributed by atoms with Crippen molar-refractivity contribution in [3.05, 3.63) is 12.2 Å². The lowest BCUT2D eigenvalue weighted by Gasteiger charge is -2.34. The molecule has 5 heteroatoms. The Balaban J connectivity index is 1.80. The Bertz CT molecular complexity index is 346. The summed E-state index contributed by atoms with van der Waals surface area (Å²) in [7, 11) is 2.17. The van der Waals surface area contributed by atoms with E-state index in [0.29, 0.717) is 0 Å². The molecular weight excluding hydrogens is 280 g/mol. The van der Waals surface area contributed by atoms with Crippen LogP contribution in [0, 0.1) is 5.92 Å². The molecule has 1 fully saturated rings. The Morgan fingerprint density at radius 2 is 2.29 bits per heavy atom. The molecule has 0 saturated heterocycles. The minimum atomic E-state index is 0.754. The number of hydrogen-bond acceptors (Lipinski definition) is 3. The standard InChI is InChI=1S/C12H21BrN4/c1-3-4-17-12(14-9-15-17)8-16(2)7-10-5-11(13)6-10/h9-11H,3-8H2,1-2H3. The molecule has 0 atom stereocenters.